The largest absolute Gasteiger partial charge is 0.336 e. The molecule has 2 atom stereocenters. The van der Waals surface area contributed by atoms with E-state index in [-0.39, 0.29) is 18.0 Å². The number of aryl methyl sites for hydroxylation is 1. The summed E-state index contributed by atoms with van der Waals surface area (Å²) >= 11 is 0. The maximum Gasteiger partial charge on any atom is 0.255 e. The molecule has 2 N–H and O–H groups in total. The SMILES string of the molecule is Cc1ncccc1C(=O)N1CCC(N)CC1C. The molecule has 1 aliphatic rings. The average molecular weight is 233 g/mol. The Kier molecular flexibility index (Phi) is 3.43. The zero-order valence-corrected chi connectivity index (χ0v) is 10.4. The first-order valence-electron chi connectivity index (χ1n) is 6.07. The molecule has 0 bridgehead atoms. The third-order valence-electron chi connectivity index (χ3n) is 3.41. The topological polar surface area (TPSA) is 59.2 Å². The second-order valence-corrected chi connectivity index (χ2v) is 4.77. The Balaban J connectivity index is 2.18. The number of likely N-dealkylation sites (tertiary alicyclic amines) is 1. The lowest BCUT2D eigenvalue weighted by Crippen LogP contribution is -2.48. The van der Waals surface area contributed by atoms with E-state index >= 15 is 0 Å². The van der Waals surface area contributed by atoms with Gasteiger partial charge in [0.1, 0.15) is 0 Å². The number of hydrogen-bond donors (Lipinski definition) is 1. The van der Waals surface area contributed by atoms with Gasteiger partial charge in [0, 0.05) is 30.5 Å². The average Bonchev–Trinajstić information content (AvgIpc) is 2.29. The summed E-state index contributed by atoms with van der Waals surface area (Å²) in [6.07, 6.45) is 3.47. The second-order valence-electron chi connectivity index (χ2n) is 4.77. The predicted molar refractivity (Wildman–Crippen MR) is 66.7 cm³/mol. The Morgan fingerprint density at radius 2 is 2.35 bits per heavy atom. The molecule has 2 heterocycles. The van der Waals surface area contributed by atoms with Crippen molar-refractivity contribution < 1.29 is 4.79 Å². The van der Waals surface area contributed by atoms with Gasteiger partial charge in [-0.1, -0.05) is 0 Å². The summed E-state index contributed by atoms with van der Waals surface area (Å²) in [5.74, 6) is 0.0787. The van der Waals surface area contributed by atoms with Crippen molar-refractivity contribution in [1.82, 2.24) is 9.88 Å². The molecule has 4 nitrogen and oxygen atoms in total. The first-order valence-corrected chi connectivity index (χ1v) is 6.07. The van der Waals surface area contributed by atoms with Crippen LogP contribution in [0.25, 0.3) is 0 Å². The van der Waals surface area contributed by atoms with E-state index in [0.717, 1.165) is 25.1 Å². The summed E-state index contributed by atoms with van der Waals surface area (Å²) in [4.78, 5) is 18.5. The standard InChI is InChI=1S/C13H19N3O/c1-9-8-11(14)5-7-16(9)13(17)12-4-3-6-15-10(12)2/h3-4,6,9,11H,5,7-8,14H2,1-2H3. The Hall–Kier alpha value is -1.42. The van der Waals surface area contributed by atoms with Crippen molar-refractivity contribution in [3.63, 3.8) is 0 Å². The highest BCUT2D eigenvalue weighted by atomic mass is 16.2. The van der Waals surface area contributed by atoms with E-state index in [1.54, 1.807) is 12.3 Å². The van der Waals surface area contributed by atoms with Gasteiger partial charge in [-0.05, 0) is 38.8 Å². The molecular formula is C13H19N3O. The van der Waals surface area contributed by atoms with Gasteiger partial charge in [-0.2, -0.15) is 0 Å². The number of amides is 1. The molecule has 1 saturated heterocycles. The molecule has 4 heteroatoms. The third-order valence-corrected chi connectivity index (χ3v) is 3.41. The van der Waals surface area contributed by atoms with Gasteiger partial charge in [0.05, 0.1) is 5.56 Å². The second kappa shape index (κ2) is 4.84. The number of piperidine rings is 1. The molecule has 1 aromatic rings. The monoisotopic (exact) mass is 233 g/mol. The van der Waals surface area contributed by atoms with Crippen molar-refractivity contribution in [3.8, 4) is 0 Å². The van der Waals surface area contributed by atoms with Gasteiger partial charge in [-0.3, -0.25) is 9.78 Å². The molecule has 2 unspecified atom stereocenters. The van der Waals surface area contributed by atoms with Crippen LogP contribution in [0.4, 0.5) is 0 Å². The number of pyridine rings is 1. The summed E-state index contributed by atoms with van der Waals surface area (Å²) in [7, 11) is 0. The summed E-state index contributed by atoms with van der Waals surface area (Å²) in [6, 6.07) is 4.09. The summed E-state index contributed by atoms with van der Waals surface area (Å²) < 4.78 is 0. The van der Waals surface area contributed by atoms with Gasteiger partial charge < -0.3 is 10.6 Å². The van der Waals surface area contributed by atoms with Gasteiger partial charge >= 0.3 is 0 Å². The summed E-state index contributed by atoms with van der Waals surface area (Å²) in [5, 5.41) is 0. The van der Waals surface area contributed by atoms with E-state index in [2.05, 4.69) is 11.9 Å². The van der Waals surface area contributed by atoms with E-state index in [4.69, 9.17) is 5.73 Å². The predicted octanol–water partition coefficient (Wildman–Crippen LogP) is 1.34. The Bertz CT molecular complexity index is 419. The van der Waals surface area contributed by atoms with E-state index in [1.807, 2.05) is 17.9 Å². The lowest BCUT2D eigenvalue weighted by Gasteiger charge is -2.36. The zero-order chi connectivity index (χ0) is 12.4. The molecule has 0 aromatic carbocycles. The third kappa shape index (κ3) is 2.47. The molecule has 0 radical (unpaired) electrons. The highest BCUT2D eigenvalue weighted by Crippen LogP contribution is 2.19. The van der Waals surface area contributed by atoms with Crippen LogP contribution in [0.3, 0.4) is 0 Å². The van der Waals surface area contributed by atoms with Gasteiger partial charge in [-0.25, -0.2) is 0 Å². The van der Waals surface area contributed by atoms with Gasteiger partial charge in [0.15, 0.2) is 0 Å². The molecule has 2 rings (SSSR count). The molecular weight excluding hydrogens is 214 g/mol. The van der Waals surface area contributed by atoms with E-state index in [9.17, 15) is 4.79 Å². The van der Waals surface area contributed by atoms with Crippen molar-refractivity contribution in [1.29, 1.82) is 0 Å². The Morgan fingerprint density at radius 3 is 3.00 bits per heavy atom. The minimum absolute atomic E-state index is 0.0787. The molecule has 1 aliphatic heterocycles. The lowest BCUT2D eigenvalue weighted by atomic mass is 9.98. The van der Waals surface area contributed by atoms with Crippen LogP contribution in [-0.2, 0) is 0 Å². The van der Waals surface area contributed by atoms with Crippen LogP contribution >= 0.6 is 0 Å². The van der Waals surface area contributed by atoms with Crippen LogP contribution in [0.5, 0.6) is 0 Å². The van der Waals surface area contributed by atoms with Crippen LogP contribution in [-0.4, -0.2) is 34.4 Å². The summed E-state index contributed by atoms with van der Waals surface area (Å²) in [6.45, 7) is 4.67. The fourth-order valence-corrected chi connectivity index (χ4v) is 2.38. The van der Waals surface area contributed by atoms with Crippen LogP contribution < -0.4 is 5.73 Å². The maximum absolute atomic E-state index is 12.4. The smallest absolute Gasteiger partial charge is 0.255 e. The quantitative estimate of drug-likeness (QED) is 0.796. The first kappa shape index (κ1) is 12.0. The number of hydrogen-bond acceptors (Lipinski definition) is 3. The Morgan fingerprint density at radius 1 is 1.59 bits per heavy atom. The molecule has 92 valence electrons. The highest BCUT2D eigenvalue weighted by Gasteiger charge is 2.28. The molecule has 0 aliphatic carbocycles. The fraction of sp³-hybridized carbons (Fsp3) is 0.538. The molecule has 1 fully saturated rings. The van der Waals surface area contributed by atoms with Crippen molar-refractivity contribution in [2.45, 2.75) is 38.8 Å². The molecule has 17 heavy (non-hydrogen) atoms. The van der Waals surface area contributed by atoms with E-state index < -0.39 is 0 Å². The number of carbonyl (C=O) groups excluding carboxylic acids is 1. The zero-order valence-electron chi connectivity index (χ0n) is 10.4. The van der Waals surface area contributed by atoms with E-state index in [0.29, 0.717) is 5.56 Å². The van der Waals surface area contributed by atoms with Crippen molar-refractivity contribution in [3.05, 3.63) is 29.6 Å². The number of aromatic nitrogens is 1. The molecule has 0 spiro atoms. The number of carbonyl (C=O) groups is 1. The Labute approximate surface area is 102 Å². The van der Waals surface area contributed by atoms with Crippen molar-refractivity contribution >= 4 is 5.91 Å². The van der Waals surface area contributed by atoms with E-state index in [1.165, 1.54) is 0 Å². The number of rotatable bonds is 1. The first-order chi connectivity index (χ1) is 8.09. The van der Waals surface area contributed by atoms with Crippen molar-refractivity contribution in [2.24, 2.45) is 5.73 Å². The fourth-order valence-electron chi connectivity index (χ4n) is 2.38. The highest BCUT2D eigenvalue weighted by molar-refractivity contribution is 5.95. The number of nitrogens with zero attached hydrogens (tertiary/aromatic N) is 2. The summed E-state index contributed by atoms with van der Waals surface area (Å²) in [5.41, 5.74) is 7.40. The van der Waals surface area contributed by atoms with Crippen LogP contribution in [0, 0.1) is 6.92 Å². The normalized spacial score (nSPS) is 24.8. The minimum atomic E-state index is 0.0787. The van der Waals surface area contributed by atoms with Crippen LogP contribution in [0.15, 0.2) is 18.3 Å². The van der Waals surface area contributed by atoms with Crippen molar-refractivity contribution in [2.75, 3.05) is 6.54 Å². The maximum atomic E-state index is 12.4. The van der Waals surface area contributed by atoms with Gasteiger partial charge in [0.25, 0.3) is 5.91 Å². The molecule has 1 amide bonds. The molecule has 1 aromatic heterocycles. The van der Waals surface area contributed by atoms with Crippen LogP contribution in [0.1, 0.15) is 35.8 Å². The lowest BCUT2D eigenvalue weighted by molar-refractivity contribution is 0.0618. The van der Waals surface area contributed by atoms with Crippen LogP contribution in [0.2, 0.25) is 0 Å². The van der Waals surface area contributed by atoms with Gasteiger partial charge in [-0.15, -0.1) is 0 Å². The minimum Gasteiger partial charge on any atom is -0.336 e. The number of nitrogens with two attached hydrogens (primary N) is 1. The van der Waals surface area contributed by atoms with Gasteiger partial charge in [0.2, 0.25) is 0 Å². The molecule has 0 saturated carbocycles.